The minimum atomic E-state index is 0.161. The van der Waals surface area contributed by atoms with Crippen LogP contribution in [-0.4, -0.2) is 23.4 Å². The number of nitrogens with zero attached hydrogens (tertiary/aromatic N) is 1. The summed E-state index contributed by atoms with van der Waals surface area (Å²) in [7, 11) is 0. The predicted molar refractivity (Wildman–Crippen MR) is 77.4 cm³/mol. The largest absolute Gasteiger partial charge is 0.337 e. The third-order valence-electron chi connectivity index (χ3n) is 3.92. The van der Waals surface area contributed by atoms with Crippen molar-refractivity contribution in [3.8, 4) is 0 Å². The molecule has 0 N–H and O–H groups in total. The van der Waals surface area contributed by atoms with Crippen LogP contribution in [0.5, 0.6) is 0 Å². The normalized spacial score (nSPS) is 20.9. The van der Waals surface area contributed by atoms with E-state index in [4.69, 9.17) is 0 Å². The quantitative estimate of drug-likeness (QED) is 0.691. The summed E-state index contributed by atoms with van der Waals surface area (Å²) < 4.78 is 0. The second-order valence-electron chi connectivity index (χ2n) is 5.74. The second-order valence-corrected chi connectivity index (χ2v) is 5.74. The molecule has 102 valence electrons. The highest BCUT2D eigenvalue weighted by molar-refractivity contribution is 5.73. The molecule has 0 radical (unpaired) electrons. The maximum atomic E-state index is 11.5. The van der Waals surface area contributed by atoms with Crippen LogP contribution < -0.4 is 0 Å². The summed E-state index contributed by atoms with van der Waals surface area (Å²) in [6, 6.07) is 0.278. The monoisotopic (exact) mass is 249 g/mol. The Morgan fingerprint density at radius 1 is 1.50 bits per heavy atom. The van der Waals surface area contributed by atoms with Crippen LogP contribution in [0.3, 0.4) is 0 Å². The van der Waals surface area contributed by atoms with Crippen LogP contribution in [0.4, 0.5) is 0 Å². The number of hydrogen-bond donors (Lipinski definition) is 0. The summed E-state index contributed by atoms with van der Waals surface area (Å²) >= 11 is 0. The molecule has 1 aliphatic rings. The first-order chi connectivity index (χ1) is 8.41. The lowest BCUT2D eigenvalue weighted by Crippen LogP contribution is -2.35. The Balaban J connectivity index is 2.58. The van der Waals surface area contributed by atoms with Crippen LogP contribution in [0.15, 0.2) is 23.3 Å². The molecule has 0 aromatic rings. The Kier molecular flexibility index (Phi) is 5.64. The Morgan fingerprint density at radius 2 is 2.17 bits per heavy atom. The Labute approximate surface area is 112 Å². The fourth-order valence-electron chi connectivity index (χ4n) is 2.49. The lowest BCUT2D eigenvalue weighted by molar-refractivity contribution is -0.129. The van der Waals surface area contributed by atoms with Crippen molar-refractivity contribution in [1.82, 2.24) is 4.90 Å². The highest BCUT2D eigenvalue weighted by atomic mass is 16.2. The fourth-order valence-corrected chi connectivity index (χ4v) is 2.49. The standard InChI is InChI=1S/C16H27NO/c1-12(2)17(15(5)18)11-10-14(4)16-8-6-13(3)7-9-16/h6,10,12,16H,7-9,11H2,1-5H3/b14-10+. The smallest absolute Gasteiger partial charge is 0.219 e. The summed E-state index contributed by atoms with van der Waals surface area (Å²) in [5.74, 6) is 0.836. The van der Waals surface area contributed by atoms with Gasteiger partial charge in [0.25, 0.3) is 0 Å². The van der Waals surface area contributed by atoms with Crippen LogP contribution >= 0.6 is 0 Å². The first-order valence-electron chi connectivity index (χ1n) is 7.01. The van der Waals surface area contributed by atoms with Gasteiger partial charge in [-0.1, -0.05) is 23.3 Å². The van der Waals surface area contributed by atoms with Gasteiger partial charge in [0.2, 0.25) is 5.91 Å². The maximum Gasteiger partial charge on any atom is 0.219 e. The lowest BCUT2D eigenvalue weighted by Gasteiger charge is -2.26. The van der Waals surface area contributed by atoms with Crippen molar-refractivity contribution in [2.75, 3.05) is 6.54 Å². The van der Waals surface area contributed by atoms with Gasteiger partial charge in [-0.2, -0.15) is 0 Å². The van der Waals surface area contributed by atoms with E-state index in [9.17, 15) is 4.79 Å². The molecule has 18 heavy (non-hydrogen) atoms. The summed E-state index contributed by atoms with van der Waals surface area (Å²) in [4.78, 5) is 13.4. The van der Waals surface area contributed by atoms with E-state index in [1.54, 1.807) is 6.92 Å². The van der Waals surface area contributed by atoms with Gasteiger partial charge in [0, 0.05) is 19.5 Å². The molecule has 0 heterocycles. The molecule has 2 heteroatoms. The number of rotatable bonds is 4. The Bertz CT molecular complexity index is 352. The van der Waals surface area contributed by atoms with Gasteiger partial charge in [-0.3, -0.25) is 4.79 Å². The zero-order chi connectivity index (χ0) is 13.7. The van der Waals surface area contributed by atoms with Crippen molar-refractivity contribution in [3.05, 3.63) is 23.3 Å². The third kappa shape index (κ3) is 4.32. The van der Waals surface area contributed by atoms with E-state index in [0.29, 0.717) is 5.92 Å². The SMILES string of the molecule is CC(=O)N(C/C=C(\C)C1CC=C(C)CC1)C(C)C. The van der Waals surface area contributed by atoms with E-state index in [2.05, 4.69) is 39.8 Å². The molecule has 1 atom stereocenters. The zero-order valence-electron chi connectivity index (χ0n) is 12.5. The molecule has 1 aliphatic carbocycles. The predicted octanol–water partition coefficient (Wildman–Crippen LogP) is 3.94. The molecule has 0 bridgehead atoms. The van der Waals surface area contributed by atoms with Gasteiger partial charge in [0.1, 0.15) is 0 Å². The number of hydrogen-bond acceptors (Lipinski definition) is 1. The van der Waals surface area contributed by atoms with Crippen molar-refractivity contribution >= 4 is 5.91 Å². The molecular formula is C16H27NO. The molecule has 0 aromatic carbocycles. The summed E-state index contributed by atoms with van der Waals surface area (Å²) in [6.07, 6.45) is 8.23. The molecule has 1 unspecified atom stereocenters. The first-order valence-corrected chi connectivity index (χ1v) is 7.01. The maximum absolute atomic E-state index is 11.5. The fraction of sp³-hybridized carbons (Fsp3) is 0.688. The van der Waals surface area contributed by atoms with Crippen molar-refractivity contribution in [3.63, 3.8) is 0 Å². The minimum absolute atomic E-state index is 0.161. The van der Waals surface area contributed by atoms with Crippen LogP contribution in [0.1, 0.15) is 53.9 Å². The van der Waals surface area contributed by atoms with Gasteiger partial charge in [0.05, 0.1) is 0 Å². The van der Waals surface area contributed by atoms with Crippen LogP contribution in [0.2, 0.25) is 0 Å². The third-order valence-corrected chi connectivity index (χ3v) is 3.92. The molecule has 1 rings (SSSR count). The van der Waals surface area contributed by atoms with Crippen LogP contribution in [0, 0.1) is 5.92 Å². The van der Waals surface area contributed by atoms with E-state index in [-0.39, 0.29) is 11.9 Å². The molecule has 2 nitrogen and oxygen atoms in total. The Morgan fingerprint density at radius 3 is 2.61 bits per heavy atom. The highest BCUT2D eigenvalue weighted by Crippen LogP contribution is 2.28. The van der Waals surface area contributed by atoms with Crippen molar-refractivity contribution in [2.24, 2.45) is 5.92 Å². The number of allylic oxidation sites excluding steroid dienone is 3. The van der Waals surface area contributed by atoms with E-state index in [0.717, 1.165) is 13.0 Å². The van der Waals surface area contributed by atoms with Crippen molar-refractivity contribution < 1.29 is 4.79 Å². The van der Waals surface area contributed by atoms with Crippen LogP contribution in [-0.2, 0) is 4.79 Å². The topological polar surface area (TPSA) is 20.3 Å². The average Bonchev–Trinajstić information content (AvgIpc) is 2.28. The molecule has 0 saturated carbocycles. The first kappa shape index (κ1) is 15.0. The molecule has 0 fully saturated rings. The molecule has 0 spiro atoms. The summed E-state index contributed by atoms with van der Waals surface area (Å²) in [5, 5.41) is 0. The minimum Gasteiger partial charge on any atom is -0.337 e. The van der Waals surface area contributed by atoms with E-state index < -0.39 is 0 Å². The molecule has 0 saturated heterocycles. The van der Waals surface area contributed by atoms with E-state index >= 15 is 0 Å². The molecule has 1 amide bonds. The van der Waals surface area contributed by atoms with E-state index in [1.807, 2.05) is 4.90 Å². The molecule has 0 aliphatic heterocycles. The zero-order valence-corrected chi connectivity index (χ0v) is 12.5. The van der Waals surface area contributed by atoms with Gasteiger partial charge in [-0.15, -0.1) is 0 Å². The number of carbonyl (C=O) groups is 1. The average molecular weight is 249 g/mol. The van der Waals surface area contributed by atoms with Gasteiger partial charge in [-0.25, -0.2) is 0 Å². The van der Waals surface area contributed by atoms with E-state index in [1.165, 1.54) is 24.0 Å². The second kappa shape index (κ2) is 6.77. The van der Waals surface area contributed by atoms with Crippen LogP contribution in [0.25, 0.3) is 0 Å². The molecular weight excluding hydrogens is 222 g/mol. The van der Waals surface area contributed by atoms with Crippen molar-refractivity contribution in [1.29, 1.82) is 0 Å². The van der Waals surface area contributed by atoms with Crippen molar-refractivity contribution in [2.45, 2.75) is 59.9 Å². The molecule has 0 aromatic heterocycles. The summed E-state index contributed by atoms with van der Waals surface area (Å²) in [5.41, 5.74) is 2.96. The Hall–Kier alpha value is -1.05. The highest BCUT2D eigenvalue weighted by Gasteiger charge is 2.15. The lowest BCUT2D eigenvalue weighted by atomic mass is 9.85. The van der Waals surface area contributed by atoms with Gasteiger partial charge >= 0.3 is 0 Å². The number of carbonyl (C=O) groups excluding carboxylic acids is 1. The summed E-state index contributed by atoms with van der Waals surface area (Å²) in [6.45, 7) is 11.0. The number of amides is 1. The van der Waals surface area contributed by atoms with Gasteiger partial charge in [0.15, 0.2) is 0 Å². The van der Waals surface area contributed by atoms with Gasteiger partial charge < -0.3 is 4.90 Å². The van der Waals surface area contributed by atoms with Gasteiger partial charge in [-0.05, 0) is 52.9 Å².